The lowest BCUT2D eigenvalue weighted by Crippen LogP contribution is -2.24. The summed E-state index contributed by atoms with van der Waals surface area (Å²) >= 11 is 0. The molecule has 0 aromatic heterocycles. The molecule has 3 heteroatoms. The van der Waals surface area contributed by atoms with E-state index < -0.39 is 5.82 Å². The van der Waals surface area contributed by atoms with Gasteiger partial charge < -0.3 is 5.11 Å². The SMILES string of the molecule is CC(c1ccc(F)cc1O)N1CCC(c2ccccc2)C1. The average molecular weight is 285 g/mol. The van der Waals surface area contributed by atoms with Crippen molar-refractivity contribution in [3.05, 3.63) is 65.5 Å². The van der Waals surface area contributed by atoms with E-state index in [9.17, 15) is 9.50 Å². The highest BCUT2D eigenvalue weighted by atomic mass is 19.1. The monoisotopic (exact) mass is 285 g/mol. The molecule has 21 heavy (non-hydrogen) atoms. The normalized spacial score (nSPS) is 20.6. The first kappa shape index (κ1) is 14.1. The summed E-state index contributed by atoms with van der Waals surface area (Å²) in [5.41, 5.74) is 2.17. The summed E-state index contributed by atoms with van der Waals surface area (Å²) in [6.45, 7) is 4.04. The van der Waals surface area contributed by atoms with Gasteiger partial charge in [-0.3, -0.25) is 4.90 Å². The first-order valence-corrected chi connectivity index (χ1v) is 7.42. The van der Waals surface area contributed by atoms with Gasteiger partial charge in [0.25, 0.3) is 0 Å². The van der Waals surface area contributed by atoms with E-state index in [0.717, 1.165) is 25.1 Å². The van der Waals surface area contributed by atoms with Gasteiger partial charge in [-0.25, -0.2) is 4.39 Å². The maximum Gasteiger partial charge on any atom is 0.126 e. The van der Waals surface area contributed by atoms with Gasteiger partial charge in [0, 0.05) is 24.2 Å². The Labute approximate surface area is 124 Å². The zero-order valence-electron chi connectivity index (χ0n) is 12.2. The highest BCUT2D eigenvalue weighted by Gasteiger charge is 2.28. The van der Waals surface area contributed by atoms with Gasteiger partial charge in [-0.05, 0) is 37.4 Å². The third-order valence-electron chi connectivity index (χ3n) is 4.48. The first-order valence-electron chi connectivity index (χ1n) is 7.42. The van der Waals surface area contributed by atoms with Crippen molar-refractivity contribution in [3.63, 3.8) is 0 Å². The maximum absolute atomic E-state index is 13.1. The summed E-state index contributed by atoms with van der Waals surface area (Å²) < 4.78 is 13.1. The molecule has 1 fully saturated rings. The summed E-state index contributed by atoms with van der Waals surface area (Å²) in [4.78, 5) is 2.35. The van der Waals surface area contributed by atoms with Crippen molar-refractivity contribution in [2.24, 2.45) is 0 Å². The number of benzene rings is 2. The molecule has 1 saturated heterocycles. The van der Waals surface area contributed by atoms with Crippen molar-refractivity contribution in [2.75, 3.05) is 13.1 Å². The van der Waals surface area contributed by atoms with Crippen LogP contribution in [0.25, 0.3) is 0 Å². The minimum absolute atomic E-state index is 0.0469. The number of nitrogens with zero attached hydrogens (tertiary/aromatic N) is 1. The summed E-state index contributed by atoms with van der Waals surface area (Å²) in [6, 6.07) is 14.9. The third-order valence-corrected chi connectivity index (χ3v) is 4.48. The lowest BCUT2D eigenvalue weighted by molar-refractivity contribution is 0.254. The van der Waals surface area contributed by atoms with Crippen LogP contribution in [-0.4, -0.2) is 23.1 Å². The fourth-order valence-electron chi connectivity index (χ4n) is 3.20. The number of hydrogen-bond acceptors (Lipinski definition) is 2. The molecule has 0 spiro atoms. The smallest absolute Gasteiger partial charge is 0.126 e. The predicted molar refractivity (Wildman–Crippen MR) is 81.9 cm³/mol. The van der Waals surface area contributed by atoms with E-state index in [1.165, 1.54) is 17.7 Å². The Kier molecular flexibility index (Phi) is 3.93. The zero-order chi connectivity index (χ0) is 14.8. The van der Waals surface area contributed by atoms with Gasteiger partial charge in [0.2, 0.25) is 0 Å². The van der Waals surface area contributed by atoms with Crippen LogP contribution in [-0.2, 0) is 0 Å². The Morgan fingerprint density at radius 1 is 1.19 bits per heavy atom. The Balaban J connectivity index is 1.74. The predicted octanol–water partition coefficient (Wildman–Crippen LogP) is 4.08. The van der Waals surface area contributed by atoms with Gasteiger partial charge in [0.1, 0.15) is 11.6 Å². The van der Waals surface area contributed by atoms with Crippen LogP contribution < -0.4 is 0 Å². The summed E-state index contributed by atoms with van der Waals surface area (Å²) in [5.74, 6) is 0.189. The second-order valence-electron chi connectivity index (χ2n) is 5.77. The second kappa shape index (κ2) is 5.86. The molecule has 0 aliphatic carbocycles. The highest BCUT2D eigenvalue weighted by molar-refractivity contribution is 5.35. The summed E-state index contributed by atoms with van der Waals surface area (Å²) in [6.07, 6.45) is 1.12. The van der Waals surface area contributed by atoms with Crippen LogP contribution in [0.4, 0.5) is 4.39 Å². The van der Waals surface area contributed by atoms with Crippen LogP contribution in [0.2, 0.25) is 0 Å². The van der Waals surface area contributed by atoms with E-state index in [2.05, 4.69) is 36.1 Å². The molecule has 2 unspecified atom stereocenters. The van der Waals surface area contributed by atoms with E-state index in [-0.39, 0.29) is 11.8 Å². The van der Waals surface area contributed by atoms with Crippen LogP contribution >= 0.6 is 0 Å². The highest BCUT2D eigenvalue weighted by Crippen LogP contribution is 2.35. The van der Waals surface area contributed by atoms with Crippen molar-refractivity contribution in [3.8, 4) is 5.75 Å². The number of phenolic OH excluding ortho intramolecular Hbond substituents is 1. The lowest BCUT2D eigenvalue weighted by Gasteiger charge is -2.25. The van der Waals surface area contributed by atoms with Gasteiger partial charge in [-0.1, -0.05) is 36.4 Å². The topological polar surface area (TPSA) is 23.5 Å². The quantitative estimate of drug-likeness (QED) is 0.918. The third kappa shape index (κ3) is 2.93. The van der Waals surface area contributed by atoms with E-state index in [1.54, 1.807) is 6.07 Å². The minimum atomic E-state index is -0.396. The molecular formula is C18H20FNO. The van der Waals surface area contributed by atoms with Crippen molar-refractivity contribution >= 4 is 0 Å². The summed E-state index contributed by atoms with van der Waals surface area (Å²) in [7, 11) is 0. The van der Waals surface area contributed by atoms with Crippen LogP contribution in [0.3, 0.4) is 0 Å². The van der Waals surface area contributed by atoms with Crippen molar-refractivity contribution in [1.82, 2.24) is 4.90 Å². The van der Waals surface area contributed by atoms with Gasteiger partial charge >= 0.3 is 0 Å². The van der Waals surface area contributed by atoms with E-state index in [1.807, 2.05) is 6.07 Å². The zero-order valence-corrected chi connectivity index (χ0v) is 12.2. The molecule has 0 amide bonds. The molecule has 110 valence electrons. The number of aromatic hydroxyl groups is 1. The largest absolute Gasteiger partial charge is 0.508 e. The van der Waals surface area contributed by atoms with Crippen LogP contribution in [0.1, 0.15) is 36.4 Å². The standard InChI is InChI=1S/C18H20FNO/c1-13(17-8-7-16(19)11-18(17)21)20-10-9-15(12-20)14-5-3-2-4-6-14/h2-8,11,13,15,21H,9-10,12H2,1H3. The van der Waals surface area contributed by atoms with Gasteiger partial charge in [0.15, 0.2) is 0 Å². The van der Waals surface area contributed by atoms with Crippen molar-refractivity contribution in [1.29, 1.82) is 0 Å². The number of likely N-dealkylation sites (tertiary alicyclic amines) is 1. The van der Waals surface area contributed by atoms with Crippen molar-refractivity contribution < 1.29 is 9.50 Å². The molecule has 1 heterocycles. The van der Waals surface area contributed by atoms with Crippen LogP contribution in [0.5, 0.6) is 5.75 Å². The Morgan fingerprint density at radius 2 is 1.95 bits per heavy atom. The van der Waals surface area contributed by atoms with E-state index >= 15 is 0 Å². The maximum atomic E-state index is 13.1. The molecule has 2 aromatic carbocycles. The first-order chi connectivity index (χ1) is 10.1. The molecule has 1 aliphatic rings. The number of hydrogen-bond donors (Lipinski definition) is 1. The molecule has 0 saturated carbocycles. The number of rotatable bonds is 3. The van der Waals surface area contributed by atoms with E-state index in [4.69, 9.17) is 0 Å². The summed E-state index contributed by atoms with van der Waals surface area (Å²) in [5, 5.41) is 9.94. The van der Waals surface area contributed by atoms with Crippen LogP contribution in [0, 0.1) is 5.82 Å². The molecule has 2 atom stereocenters. The molecule has 1 N–H and O–H groups in total. The molecular weight excluding hydrogens is 265 g/mol. The minimum Gasteiger partial charge on any atom is -0.508 e. The fraction of sp³-hybridized carbons (Fsp3) is 0.333. The Hall–Kier alpha value is -1.87. The molecule has 0 bridgehead atoms. The van der Waals surface area contributed by atoms with E-state index in [0.29, 0.717) is 5.92 Å². The van der Waals surface area contributed by atoms with Crippen LogP contribution in [0.15, 0.2) is 48.5 Å². The average Bonchev–Trinajstić information content (AvgIpc) is 2.97. The molecule has 3 rings (SSSR count). The lowest BCUT2D eigenvalue weighted by atomic mass is 9.98. The molecule has 2 aromatic rings. The number of phenols is 1. The van der Waals surface area contributed by atoms with Gasteiger partial charge in [-0.2, -0.15) is 0 Å². The van der Waals surface area contributed by atoms with Gasteiger partial charge in [0.05, 0.1) is 0 Å². The second-order valence-corrected chi connectivity index (χ2v) is 5.77. The Bertz CT molecular complexity index is 614. The van der Waals surface area contributed by atoms with Crippen molar-refractivity contribution in [2.45, 2.75) is 25.3 Å². The Morgan fingerprint density at radius 3 is 2.67 bits per heavy atom. The molecule has 0 radical (unpaired) electrons. The molecule has 1 aliphatic heterocycles. The fourth-order valence-corrected chi connectivity index (χ4v) is 3.20. The number of halogens is 1. The molecule has 2 nitrogen and oxygen atoms in total. The van der Waals surface area contributed by atoms with Gasteiger partial charge in [-0.15, -0.1) is 0 Å².